The first-order valence-corrected chi connectivity index (χ1v) is 7.75. The zero-order chi connectivity index (χ0) is 14.5. The van der Waals surface area contributed by atoms with Gasteiger partial charge in [0.2, 0.25) is 5.91 Å². The molecular formula is C15H21BrN2O2. The van der Waals surface area contributed by atoms with Crippen LogP contribution < -0.4 is 10.6 Å². The van der Waals surface area contributed by atoms with Crippen molar-refractivity contribution < 1.29 is 9.53 Å². The minimum Gasteiger partial charge on any atom is -0.380 e. The number of carbonyl (C=O) groups is 1. The van der Waals surface area contributed by atoms with Crippen molar-refractivity contribution in [1.82, 2.24) is 10.6 Å². The summed E-state index contributed by atoms with van der Waals surface area (Å²) in [5.74, 6) is 0.0549. The predicted molar refractivity (Wildman–Crippen MR) is 82.5 cm³/mol. The number of carbonyl (C=O) groups excluding carboxylic acids is 1. The van der Waals surface area contributed by atoms with Crippen molar-refractivity contribution in [2.45, 2.75) is 38.0 Å². The quantitative estimate of drug-likeness (QED) is 0.865. The zero-order valence-corrected chi connectivity index (χ0v) is 13.4. The third kappa shape index (κ3) is 3.81. The predicted octanol–water partition coefficient (Wildman–Crippen LogP) is 2.39. The van der Waals surface area contributed by atoms with Crippen LogP contribution in [0.15, 0.2) is 28.7 Å². The van der Waals surface area contributed by atoms with E-state index < -0.39 is 0 Å². The summed E-state index contributed by atoms with van der Waals surface area (Å²) >= 11 is 3.42. The van der Waals surface area contributed by atoms with Crippen LogP contribution in [0.25, 0.3) is 0 Å². The van der Waals surface area contributed by atoms with Gasteiger partial charge < -0.3 is 15.4 Å². The Hall–Kier alpha value is -0.910. The maximum atomic E-state index is 12.3. The molecule has 4 nitrogen and oxygen atoms in total. The summed E-state index contributed by atoms with van der Waals surface area (Å²) in [6.07, 6.45) is 1.74. The fourth-order valence-electron chi connectivity index (χ4n) is 2.47. The molecule has 1 fully saturated rings. The van der Waals surface area contributed by atoms with Gasteiger partial charge in [-0.2, -0.15) is 0 Å². The monoisotopic (exact) mass is 340 g/mol. The highest BCUT2D eigenvalue weighted by atomic mass is 79.9. The number of halogens is 1. The van der Waals surface area contributed by atoms with Crippen molar-refractivity contribution in [3.05, 3.63) is 34.3 Å². The molecule has 0 aliphatic carbocycles. The molecule has 0 radical (unpaired) electrons. The maximum absolute atomic E-state index is 12.3. The van der Waals surface area contributed by atoms with Crippen LogP contribution >= 0.6 is 15.9 Å². The molecule has 3 atom stereocenters. The molecule has 1 saturated heterocycles. The summed E-state index contributed by atoms with van der Waals surface area (Å²) in [6.45, 7) is 2.82. The van der Waals surface area contributed by atoms with Crippen LogP contribution in [0.3, 0.4) is 0 Å². The van der Waals surface area contributed by atoms with E-state index in [0.29, 0.717) is 0 Å². The van der Waals surface area contributed by atoms with E-state index in [-0.39, 0.29) is 24.1 Å². The molecule has 0 aromatic heterocycles. The number of hydrogen-bond donors (Lipinski definition) is 2. The van der Waals surface area contributed by atoms with E-state index in [0.717, 1.165) is 29.4 Å². The second-order valence-corrected chi connectivity index (χ2v) is 5.99. The van der Waals surface area contributed by atoms with E-state index >= 15 is 0 Å². The van der Waals surface area contributed by atoms with Gasteiger partial charge in [-0.1, -0.05) is 35.0 Å². The second kappa shape index (κ2) is 7.20. The molecule has 0 saturated carbocycles. The lowest BCUT2D eigenvalue weighted by Crippen LogP contribution is -2.41. The third-order valence-electron chi connectivity index (χ3n) is 3.74. The SMILES string of the molecule is CCC(NC(=O)C1CC(OC)CN1)c1ccc(Br)cc1. The zero-order valence-electron chi connectivity index (χ0n) is 11.9. The molecule has 1 aliphatic rings. The summed E-state index contributed by atoms with van der Waals surface area (Å²) in [7, 11) is 1.68. The van der Waals surface area contributed by atoms with Crippen LogP contribution in [0, 0.1) is 0 Å². The second-order valence-electron chi connectivity index (χ2n) is 5.08. The Kier molecular flexibility index (Phi) is 5.57. The Balaban J connectivity index is 1.96. The fraction of sp³-hybridized carbons (Fsp3) is 0.533. The highest BCUT2D eigenvalue weighted by molar-refractivity contribution is 9.10. The van der Waals surface area contributed by atoms with Crippen molar-refractivity contribution >= 4 is 21.8 Å². The van der Waals surface area contributed by atoms with Gasteiger partial charge in [0.05, 0.1) is 18.2 Å². The lowest BCUT2D eigenvalue weighted by Gasteiger charge is -2.20. The average Bonchev–Trinajstić information content (AvgIpc) is 2.94. The minimum absolute atomic E-state index is 0.0546. The smallest absolute Gasteiger partial charge is 0.237 e. The number of ether oxygens (including phenoxy) is 1. The Morgan fingerprint density at radius 2 is 2.20 bits per heavy atom. The molecule has 20 heavy (non-hydrogen) atoms. The van der Waals surface area contributed by atoms with Crippen LogP contribution in [-0.4, -0.2) is 31.7 Å². The molecule has 1 amide bonds. The van der Waals surface area contributed by atoms with Gasteiger partial charge in [0.1, 0.15) is 0 Å². The Morgan fingerprint density at radius 1 is 1.50 bits per heavy atom. The maximum Gasteiger partial charge on any atom is 0.237 e. The third-order valence-corrected chi connectivity index (χ3v) is 4.27. The first kappa shape index (κ1) is 15.5. The van der Waals surface area contributed by atoms with Crippen molar-refractivity contribution in [2.75, 3.05) is 13.7 Å². The lowest BCUT2D eigenvalue weighted by atomic mass is 10.0. The van der Waals surface area contributed by atoms with E-state index in [9.17, 15) is 4.79 Å². The standard InChI is InChI=1S/C15H21BrN2O2/c1-3-13(10-4-6-11(16)7-5-10)18-15(19)14-8-12(20-2)9-17-14/h4-7,12-14,17H,3,8-9H2,1-2H3,(H,18,19). The average molecular weight is 341 g/mol. The van der Waals surface area contributed by atoms with Gasteiger partial charge in [0.15, 0.2) is 0 Å². The summed E-state index contributed by atoms with van der Waals surface area (Å²) in [5, 5.41) is 6.32. The van der Waals surface area contributed by atoms with E-state index in [4.69, 9.17) is 4.74 Å². The van der Waals surface area contributed by atoms with Crippen molar-refractivity contribution in [1.29, 1.82) is 0 Å². The highest BCUT2D eigenvalue weighted by Gasteiger charge is 2.30. The molecule has 3 unspecified atom stereocenters. The number of nitrogens with one attached hydrogen (secondary N) is 2. The fourth-order valence-corrected chi connectivity index (χ4v) is 2.74. The summed E-state index contributed by atoms with van der Waals surface area (Å²) in [4.78, 5) is 12.3. The Bertz CT molecular complexity index is 450. The van der Waals surface area contributed by atoms with E-state index in [1.807, 2.05) is 24.3 Å². The van der Waals surface area contributed by atoms with Crippen LogP contribution in [0.1, 0.15) is 31.4 Å². The Morgan fingerprint density at radius 3 is 2.75 bits per heavy atom. The molecule has 2 rings (SSSR count). The molecule has 2 N–H and O–H groups in total. The highest BCUT2D eigenvalue weighted by Crippen LogP contribution is 2.20. The first-order valence-electron chi connectivity index (χ1n) is 6.96. The van der Waals surface area contributed by atoms with Crippen LogP contribution in [0.4, 0.5) is 0 Å². The molecular weight excluding hydrogens is 320 g/mol. The van der Waals surface area contributed by atoms with Crippen LogP contribution in [0.2, 0.25) is 0 Å². The topological polar surface area (TPSA) is 50.4 Å². The molecule has 110 valence electrons. The van der Waals surface area contributed by atoms with Crippen molar-refractivity contribution in [2.24, 2.45) is 0 Å². The summed E-state index contributed by atoms with van der Waals surface area (Å²) < 4.78 is 6.32. The Labute approximate surface area is 128 Å². The van der Waals surface area contributed by atoms with Gasteiger partial charge in [0.25, 0.3) is 0 Å². The number of hydrogen-bond acceptors (Lipinski definition) is 3. The van der Waals surface area contributed by atoms with Gasteiger partial charge in [-0.15, -0.1) is 0 Å². The summed E-state index contributed by atoms with van der Waals surface area (Å²) in [6, 6.07) is 7.98. The molecule has 1 aromatic rings. The molecule has 5 heteroatoms. The van der Waals surface area contributed by atoms with Crippen molar-refractivity contribution in [3.8, 4) is 0 Å². The normalized spacial score (nSPS) is 23.6. The van der Waals surface area contributed by atoms with Crippen LogP contribution in [-0.2, 0) is 9.53 Å². The van der Waals surface area contributed by atoms with Crippen LogP contribution in [0.5, 0.6) is 0 Å². The number of amides is 1. The molecule has 1 aromatic carbocycles. The number of methoxy groups -OCH3 is 1. The van der Waals surface area contributed by atoms with E-state index in [2.05, 4.69) is 33.5 Å². The van der Waals surface area contributed by atoms with E-state index in [1.165, 1.54) is 0 Å². The van der Waals surface area contributed by atoms with E-state index in [1.54, 1.807) is 7.11 Å². The summed E-state index contributed by atoms with van der Waals surface area (Å²) in [5.41, 5.74) is 1.13. The first-order chi connectivity index (χ1) is 9.63. The van der Waals surface area contributed by atoms with Gasteiger partial charge in [-0.05, 0) is 30.5 Å². The van der Waals surface area contributed by atoms with Gasteiger partial charge in [-0.3, -0.25) is 4.79 Å². The minimum atomic E-state index is -0.149. The van der Waals surface area contributed by atoms with Crippen molar-refractivity contribution in [3.63, 3.8) is 0 Å². The molecule has 1 aliphatic heterocycles. The van der Waals surface area contributed by atoms with Gasteiger partial charge in [0, 0.05) is 18.1 Å². The van der Waals surface area contributed by atoms with Gasteiger partial charge in [-0.25, -0.2) is 0 Å². The number of benzene rings is 1. The number of rotatable bonds is 5. The molecule has 1 heterocycles. The van der Waals surface area contributed by atoms with Gasteiger partial charge >= 0.3 is 0 Å². The lowest BCUT2D eigenvalue weighted by molar-refractivity contribution is -0.123. The largest absolute Gasteiger partial charge is 0.380 e. The molecule has 0 bridgehead atoms. The molecule has 0 spiro atoms.